The molecule has 0 saturated heterocycles. The molecule has 0 fully saturated rings. The van der Waals surface area contributed by atoms with Crippen molar-refractivity contribution < 1.29 is 19.1 Å². The molecular weight excluding hydrogens is 376 g/mol. The monoisotopic (exact) mass is 418 g/mol. The van der Waals surface area contributed by atoms with Gasteiger partial charge in [0.05, 0.1) is 6.61 Å². The number of esters is 2. The third-order valence-electron chi connectivity index (χ3n) is 5.24. The van der Waals surface area contributed by atoms with Crippen molar-refractivity contribution in [3.63, 3.8) is 0 Å². The normalized spacial score (nSPS) is 10.7. The molecule has 0 unspecified atom stereocenters. The van der Waals surface area contributed by atoms with Crippen LogP contribution < -0.4 is 4.74 Å². The van der Waals surface area contributed by atoms with Crippen LogP contribution in [0, 0.1) is 0 Å². The molecule has 0 saturated carbocycles. The first-order valence-electron chi connectivity index (χ1n) is 12.1. The fourth-order valence-electron chi connectivity index (χ4n) is 3.46. The average molecular weight is 419 g/mol. The lowest BCUT2D eigenvalue weighted by Gasteiger charge is -2.09. The summed E-state index contributed by atoms with van der Waals surface area (Å²) in [6.07, 6.45) is 14.8. The highest BCUT2D eigenvalue weighted by Crippen LogP contribution is 2.20. The van der Waals surface area contributed by atoms with Gasteiger partial charge in [0, 0.05) is 12.8 Å². The van der Waals surface area contributed by atoms with Crippen molar-refractivity contribution in [2.75, 3.05) is 6.61 Å². The van der Waals surface area contributed by atoms with Crippen LogP contribution in [0.15, 0.2) is 24.3 Å². The molecule has 0 amide bonds. The minimum atomic E-state index is -0.143. The Kier molecular flexibility index (Phi) is 15.7. The molecule has 1 rings (SSSR count). The van der Waals surface area contributed by atoms with Crippen LogP contribution in [0.25, 0.3) is 0 Å². The third-order valence-corrected chi connectivity index (χ3v) is 5.24. The van der Waals surface area contributed by atoms with E-state index in [4.69, 9.17) is 9.47 Å². The molecule has 0 spiro atoms. The Hall–Kier alpha value is -1.84. The van der Waals surface area contributed by atoms with E-state index in [2.05, 4.69) is 13.8 Å². The minimum absolute atomic E-state index is 0.0587. The number of carbonyl (C=O) groups excluding carboxylic acids is 2. The Morgan fingerprint density at radius 2 is 1.30 bits per heavy atom. The van der Waals surface area contributed by atoms with Crippen LogP contribution in [0.1, 0.15) is 109 Å². The fourth-order valence-corrected chi connectivity index (χ4v) is 3.46. The molecule has 1 aromatic rings. The molecule has 0 aliphatic carbocycles. The number of benzene rings is 1. The van der Waals surface area contributed by atoms with E-state index < -0.39 is 0 Å². The van der Waals surface area contributed by atoms with Gasteiger partial charge in [-0.05, 0) is 37.3 Å². The molecule has 0 N–H and O–H groups in total. The summed E-state index contributed by atoms with van der Waals surface area (Å²) in [7, 11) is 0. The van der Waals surface area contributed by atoms with E-state index in [1.54, 1.807) is 0 Å². The highest BCUT2D eigenvalue weighted by Gasteiger charge is 2.08. The maximum Gasteiger partial charge on any atom is 0.311 e. The first-order valence-corrected chi connectivity index (χ1v) is 12.1. The molecule has 0 bridgehead atoms. The Morgan fingerprint density at radius 1 is 0.700 bits per heavy atom. The SMILES string of the molecule is CCCCCCCOC(=O)CCCCCCCCC(=O)Oc1ccccc1CCC. The van der Waals surface area contributed by atoms with Crippen molar-refractivity contribution in [2.24, 2.45) is 0 Å². The number of unbranched alkanes of at least 4 members (excludes halogenated alkanes) is 9. The van der Waals surface area contributed by atoms with Crippen molar-refractivity contribution >= 4 is 11.9 Å². The molecule has 0 aromatic heterocycles. The van der Waals surface area contributed by atoms with Crippen molar-refractivity contribution in [2.45, 2.75) is 110 Å². The number of rotatable bonds is 18. The summed E-state index contributed by atoms with van der Waals surface area (Å²) in [4.78, 5) is 23.7. The predicted molar refractivity (Wildman–Crippen MR) is 123 cm³/mol. The van der Waals surface area contributed by atoms with Crippen LogP contribution in [-0.4, -0.2) is 18.5 Å². The van der Waals surface area contributed by atoms with E-state index in [0.29, 0.717) is 25.2 Å². The maximum atomic E-state index is 12.1. The zero-order chi connectivity index (χ0) is 21.9. The van der Waals surface area contributed by atoms with E-state index in [1.807, 2.05) is 24.3 Å². The van der Waals surface area contributed by atoms with E-state index in [-0.39, 0.29) is 11.9 Å². The predicted octanol–water partition coefficient (Wildman–Crippen LogP) is 7.18. The van der Waals surface area contributed by atoms with Gasteiger partial charge in [-0.15, -0.1) is 0 Å². The molecule has 0 radical (unpaired) electrons. The average Bonchev–Trinajstić information content (AvgIpc) is 2.74. The molecule has 1 aromatic carbocycles. The summed E-state index contributed by atoms with van der Waals surface area (Å²) < 4.78 is 10.8. The van der Waals surface area contributed by atoms with Crippen LogP contribution in [0.4, 0.5) is 0 Å². The summed E-state index contributed by atoms with van der Waals surface area (Å²) in [5.74, 6) is 0.504. The lowest BCUT2D eigenvalue weighted by atomic mass is 10.1. The number of para-hydroxylation sites is 1. The number of ether oxygens (including phenoxy) is 2. The Bertz CT molecular complexity index is 582. The van der Waals surface area contributed by atoms with Crippen LogP contribution in [-0.2, 0) is 20.7 Å². The van der Waals surface area contributed by atoms with Crippen LogP contribution >= 0.6 is 0 Å². The van der Waals surface area contributed by atoms with E-state index >= 15 is 0 Å². The Balaban J connectivity index is 1.97. The first-order chi connectivity index (χ1) is 14.7. The summed E-state index contributed by atoms with van der Waals surface area (Å²) in [6.45, 7) is 4.89. The van der Waals surface area contributed by atoms with Gasteiger partial charge in [-0.25, -0.2) is 0 Å². The summed E-state index contributed by atoms with van der Waals surface area (Å²) in [6, 6.07) is 7.79. The molecule has 0 aliphatic rings. The van der Waals surface area contributed by atoms with Crippen molar-refractivity contribution in [3.8, 4) is 5.75 Å². The number of carbonyl (C=O) groups is 2. The molecule has 170 valence electrons. The van der Waals surface area contributed by atoms with Gasteiger partial charge in [-0.2, -0.15) is 0 Å². The van der Waals surface area contributed by atoms with Gasteiger partial charge < -0.3 is 9.47 Å². The van der Waals surface area contributed by atoms with Gasteiger partial charge in [0.25, 0.3) is 0 Å². The van der Waals surface area contributed by atoms with Crippen LogP contribution in [0.2, 0.25) is 0 Å². The second-order valence-corrected chi connectivity index (χ2v) is 8.09. The highest BCUT2D eigenvalue weighted by atomic mass is 16.5. The van der Waals surface area contributed by atoms with Gasteiger partial charge in [0.2, 0.25) is 0 Å². The number of aryl methyl sites for hydroxylation is 1. The van der Waals surface area contributed by atoms with Gasteiger partial charge >= 0.3 is 11.9 Å². The minimum Gasteiger partial charge on any atom is -0.466 e. The van der Waals surface area contributed by atoms with Crippen LogP contribution in [0.5, 0.6) is 5.75 Å². The number of hydrogen-bond donors (Lipinski definition) is 0. The fraction of sp³-hybridized carbons (Fsp3) is 0.692. The van der Waals surface area contributed by atoms with Crippen LogP contribution in [0.3, 0.4) is 0 Å². The molecule has 0 heterocycles. The first kappa shape index (κ1) is 26.2. The molecule has 30 heavy (non-hydrogen) atoms. The molecule has 0 atom stereocenters. The van der Waals surface area contributed by atoms with Gasteiger partial charge in [0.1, 0.15) is 5.75 Å². The molecular formula is C26H42O4. The number of hydrogen-bond acceptors (Lipinski definition) is 4. The lowest BCUT2D eigenvalue weighted by Crippen LogP contribution is -2.09. The standard InChI is InChI=1S/C26H42O4/c1-3-5-6-11-16-22-29-25(27)20-12-9-7-8-10-13-21-26(28)30-24-19-15-14-18-23(24)17-4-2/h14-15,18-19H,3-13,16-17,20-22H2,1-2H3. The summed E-state index contributed by atoms with van der Waals surface area (Å²) >= 11 is 0. The second kappa shape index (κ2) is 18.0. The largest absolute Gasteiger partial charge is 0.466 e. The topological polar surface area (TPSA) is 52.6 Å². The summed E-state index contributed by atoms with van der Waals surface area (Å²) in [5.41, 5.74) is 1.10. The van der Waals surface area contributed by atoms with Gasteiger partial charge in [0.15, 0.2) is 0 Å². The van der Waals surface area contributed by atoms with E-state index in [0.717, 1.165) is 69.8 Å². The molecule has 0 aliphatic heterocycles. The van der Waals surface area contributed by atoms with Crippen molar-refractivity contribution in [1.82, 2.24) is 0 Å². The molecule has 4 nitrogen and oxygen atoms in total. The van der Waals surface area contributed by atoms with Crippen molar-refractivity contribution in [1.29, 1.82) is 0 Å². The zero-order valence-corrected chi connectivity index (χ0v) is 19.3. The third kappa shape index (κ3) is 13.4. The lowest BCUT2D eigenvalue weighted by molar-refractivity contribution is -0.144. The van der Waals surface area contributed by atoms with E-state index in [9.17, 15) is 9.59 Å². The maximum absolute atomic E-state index is 12.1. The smallest absolute Gasteiger partial charge is 0.311 e. The highest BCUT2D eigenvalue weighted by molar-refractivity contribution is 5.72. The quantitative estimate of drug-likeness (QED) is 0.144. The Labute approximate surface area is 183 Å². The van der Waals surface area contributed by atoms with Gasteiger partial charge in [-0.1, -0.05) is 89.8 Å². The zero-order valence-electron chi connectivity index (χ0n) is 19.3. The van der Waals surface area contributed by atoms with Gasteiger partial charge in [-0.3, -0.25) is 9.59 Å². The second-order valence-electron chi connectivity index (χ2n) is 8.09. The van der Waals surface area contributed by atoms with E-state index in [1.165, 1.54) is 19.3 Å². The molecule has 4 heteroatoms. The summed E-state index contributed by atoms with van der Waals surface area (Å²) in [5, 5.41) is 0. The Morgan fingerprint density at radius 3 is 2.00 bits per heavy atom. The van der Waals surface area contributed by atoms with Crippen molar-refractivity contribution in [3.05, 3.63) is 29.8 Å².